The molecule has 0 spiro atoms. The molecule has 0 saturated carbocycles. The van der Waals surface area contributed by atoms with Gasteiger partial charge in [-0.1, -0.05) is 27.7 Å². The molecule has 1 aliphatic rings. The van der Waals surface area contributed by atoms with E-state index in [9.17, 15) is 0 Å². The molecule has 0 aromatic carbocycles. The third kappa shape index (κ3) is 3.72. The quantitative estimate of drug-likeness (QED) is 0.754. The molecule has 1 heterocycles. The number of nitrogens with one attached hydrogen (secondary N) is 1. The van der Waals surface area contributed by atoms with Crippen LogP contribution in [-0.4, -0.2) is 31.3 Å². The van der Waals surface area contributed by atoms with E-state index in [4.69, 9.17) is 10.5 Å². The molecule has 2 atom stereocenters. The van der Waals surface area contributed by atoms with Crippen molar-refractivity contribution in [1.82, 2.24) is 5.32 Å². The van der Waals surface area contributed by atoms with Crippen LogP contribution in [0, 0.1) is 11.8 Å². The van der Waals surface area contributed by atoms with E-state index in [1.54, 1.807) is 0 Å². The minimum Gasteiger partial charge on any atom is -0.378 e. The molecule has 3 N–H and O–H groups in total. The highest BCUT2D eigenvalue weighted by molar-refractivity contribution is 4.95. The summed E-state index contributed by atoms with van der Waals surface area (Å²) in [5.41, 5.74) is 6.08. The molecule has 0 aliphatic carbocycles. The van der Waals surface area contributed by atoms with Gasteiger partial charge in [0.05, 0.1) is 6.10 Å². The van der Waals surface area contributed by atoms with E-state index in [0.29, 0.717) is 24.5 Å². The second-order valence-corrected chi connectivity index (χ2v) is 5.87. The molecule has 2 unspecified atom stereocenters. The van der Waals surface area contributed by atoms with Gasteiger partial charge in [0.15, 0.2) is 0 Å². The highest BCUT2D eigenvalue weighted by atomic mass is 16.5. The topological polar surface area (TPSA) is 47.3 Å². The normalized spacial score (nSPS) is 31.3. The Kier molecular flexibility index (Phi) is 5.22. The maximum Gasteiger partial charge on any atom is 0.0616 e. The van der Waals surface area contributed by atoms with Crippen molar-refractivity contribution in [3.05, 3.63) is 0 Å². The molecule has 3 heteroatoms. The summed E-state index contributed by atoms with van der Waals surface area (Å²) in [5.74, 6) is 1.25. The van der Waals surface area contributed by atoms with E-state index >= 15 is 0 Å². The molecule has 1 rings (SSSR count). The van der Waals surface area contributed by atoms with Gasteiger partial charge in [0, 0.05) is 18.7 Å². The van der Waals surface area contributed by atoms with Gasteiger partial charge < -0.3 is 15.8 Å². The molecule has 0 aromatic rings. The van der Waals surface area contributed by atoms with Crippen LogP contribution in [0.25, 0.3) is 0 Å². The van der Waals surface area contributed by atoms with Crippen LogP contribution in [0.4, 0.5) is 0 Å². The van der Waals surface area contributed by atoms with Crippen LogP contribution < -0.4 is 11.1 Å². The Bertz CT molecular complexity index is 206. The van der Waals surface area contributed by atoms with Gasteiger partial charge in [-0.05, 0) is 31.2 Å². The average Bonchev–Trinajstić information content (AvgIpc) is 2.26. The first kappa shape index (κ1) is 13.9. The summed E-state index contributed by atoms with van der Waals surface area (Å²) in [6, 6.07) is 0. The predicted octanol–water partition coefficient (Wildman–Crippen LogP) is 1.76. The lowest BCUT2D eigenvalue weighted by molar-refractivity contribution is -0.0498. The second-order valence-electron chi connectivity index (χ2n) is 5.87. The first-order chi connectivity index (χ1) is 7.49. The first-order valence-electron chi connectivity index (χ1n) is 6.56. The minimum absolute atomic E-state index is 0.109. The van der Waals surface area contributed by atoms with Gasteiger partial charge >= 0.3 is 0 Å². The molecule has 0 radical (unpaired) electrons. The van der Waals surface area contributed by atoms with Crippen molar-refractivity contribution in [2.75, 3.05) is 19.7 Å². The molecule has 0 aromatic heterocycles. The number of ether oxygens (including phenoxy) is 1. The molecule has 3 nitrogen and oxygen atoms in total. The first-order valence-corrected chi connectivity index (χ1v) is 6.56. The zero-order valence-electron chi connectivity index (χ0n) is 11.3. The van der Waals surface area contributed by atoms with Crippen molar-refractivity contribution in [3.63, 3.8) is 0 Å². The van der Waals surface area contributed by atoms with Gasteiger partial charge in [-0.25, -0.2) is 0 Å². The predicted molar refractivity (Wildman–Crippen MR) is 68.4 cm³/mol. The molecule has 16 heavy (non-hydrogen) atoms. The summed E-state index contributed by atoms with van der Waals surface area (Å²) in [6.45, 7) is 11.5. The Hall–Kier alpha value is -0.120. The third-order valence-electron chi connectivity index (χ3n) is 3.52. The van der Waals surface area contributed by atoms with Gasteiger partial charge in [0.25, 0.3) is 0 Å². The van der Waals surface area contributed by atoms with Gasteiger partial charge in [0.2, 0.25) is 0 Å². The molecule has 96 valence electrons. The number of hydrogen-bond donors (Lipinski definition) is 2. The Morgan fingerprint density at radius 3 is 2.56 bits per heavy atom. The van der Waals surface area contributed by atoms with Crippen molar-refractivity contribution in [2.24, 2.45) is 17.6 Å². The van der Waals surface area contributed by atoms with Crippen LogP contribution in [0.2, 0.25) is 0 Å². The third-order valence-corrected chi connectivity index (χ3v) is 3.52. The zero-order chi connectivity index (χ0) is 12.2. The van der Waals surface area contributed by atoms with E-state index < -0.39 is 0 Å². The summed E-state index contributed by atoms with van der Waals surface area (Å²) in [5, 5.41) is 3.66. The van der Waals surface area contributed by atoms with Crippen LogP contribution in [0.3, 0.4) is 0 Å². The van der Waals surface area contributed by atoms with E-state index in [-0.39, 0.29) is 5.54 Å². The van der Waals surface area contributed by atoms with Crippen molar-refractivity contribution in [3.8, 4) is 0 Å². The molecule has 1 aliphatic heterocycles. The van der Waals surface area contributed by atoms with E-state index in [2.05, 4.69) is 33.0 Å². The van der Waals surface area contributed by atoms with Crippen LogP contribution in [0.5, 0.6) is 0 Å². The van der Waals surface area contributed by atoms with Gasteiger partial charge in [-0.15, -0.1) is 0 Å². The Balaban J connectivity index is 2.56. The van der Waals surface area contributed by atoms with E-state index in [1.807, 2.05) is 0 Å². The fourth-order valence-electron chi connectivity index (χ4n) is 2.22. The van der Waals surface area contributed by atoms with E-state index in [1.165, 1.54) is 0 Å². The lowest BCUT2D eigenvalue weighted by atomic mass is 9.83. The number of nitrogens with two attached hydrogens (primary N) is 1. The lowest BCUT2D eigenvalue weighted by Gasteiger charge is -2.42. The molecule has 0 amide bonds. The molecular formula is C13H28N2O. The summed E-state index contributed by atoms with van der Waals surface area (Å²) >= 11 is 0. The van der Waals surface area contributed by atoms with E-state index in [0.717, 1.165) is 26.0 Å². The standard InChI is InChI=1S/C13H28N2O/c1-10(2)8-15-13(9-14)5-6-16-12(7-13)11(3)4/h10-12,15H,5-9,14H2,1-4H3. The SMILES string of the molecule is CC(C)CNC1(CN)CCOC(C(C)C)C1. The summed E-state index contributed by atoms with van der Waals surface area (Å²) in [7, 11) is 0. The monoisotopic (exact) mass is 228 g/mol. The Morgan fingerprint density at radius 1 is 1.38 bits per heavy atom. The highest BCUT2D eigenvalue weighted by Crippen LogP contribution is 2.28. The average molecular weight is 228 g/mol. The van der Waals surface area contributed by atoms with Crippen LogP contribution >= 0.6 is 0 Å². The summed E-state index contributed by atoms with van der Waals surface area (Å²) < 4.78 is 5.81. The maximum absolute atomic E-state index is 5.97. The summed E-state index contributed by atoms with van der Waals surface area (Å²) in [6.07, 6.45) is 2.45. The smallest absolute Gasteiger partial charge is 0.0616 e. The Morgan fingerprint density at radius 2 is 2.06 bits per heavy atom. The largest absolute Gasteiger partial charge is 0.378 e. The summed E-state index contributed by atoms with van der Waals surface area (Å²) in [4.78, 5) is 0. The van der Waals surface area contributed by atoms with Crippen LogP contribution in [0.15, 0.2) is 0 Å². The number of rotatable bonds is 5. The molecule has 1 fully saturated rings. The molecular weight excluding hydrogens is 200 g/mol. The van der Waals surface area contributed by atoms with Gasteiger partial charge in [-0.2, -0.15) is 0 Å². The number of hydrogen-bond acceptors (Lipinski definition) is 3. The van der Waals surface area contributed by atoms with Crippen LogP contribution in [-0.2, 0) is 4.74 Å². The van der Waals surface area contributed by atoms with Crippen LogP contribution in [0.1, 0.15) is 40.5 Å². The molecule has 1 saturated heterocycles. The second kappa shape index (κ2) is 5.99. The van der Waals surface area contributed by atoms with Gasteiger partial charge in [0.1, 0.15) is 0 Å². The van der Waals surface area contributed by atoms with Crippen molar-refractivity contribution in [1.29, 1.82) is 0 Å². The fraction of sp³-hybridized carbons (Fsp3) is 1.00. The minimum atomic E-state index is 0.109. The van der Waals surface area contributed by atoms with Crippen molar-refractivity contribution >= 4 is 0 Å². The zero-order valence-corrected chi connectivity index (χ0v) is 11.3. The Labute approximate surface area is 100 Å². The van der Waals surface area contributed by atoms with Crippen molar-refractivity contribution < 1.29 is 4.74 Å². The lowest BCUT2D eigenvalue weighted by Crippen LogP contribution is -2.58. The molecule has 0 bridgehead atoms. The van der Waals surface area contributed by atoms with Gasteiger partial charge in [-0.3, -0.25) is 0 Å². The fourth-order valence-corrected chi connectivity index (χ4v) is 2.22. The maximum atomic E-state index is 5.97. The highest BCUT2D eigenvalue weighted by Gasteiger charge is 2.36. The van der Waals surface area contributed by atoms with Crippen molar-refractivity contribution in [2.45, 2.75) is 52.2 Å².